The van der Waals surface area contributed by atoms with Crippen LogP contribution in [-0.4, -0.2) is 38.3 Å². The molecule has 1 amide bonds. The molecule has 7 heteroatoms. The van der Waals surface area contributed by atoms with E-state index in [1.807, 2.05) is 50.2 Å². The molecule has 0 aromatic heterocycles. The Labute approximate surface area is 188 Å². The number of hydrogen-bond acceptors (Lipinski definition) is 6. The smallest absolute Gasteiger partial charge is 0.331 e. The standard InChI is InChI=1S/C25H29NO6/c1-3-14-30-22-11-9-18(16-23(22)29-4-2)10-12-25(28)32-17-24(27)26-20-13-15-31-21-8-6-5-7-19(20)21/h5-12,16,20H,3-4,13-15,17H2,1-2H3,(H,26,27)/b12-10+. The van der Waals surface area contributed by atoms with Gasteiger partial charge in [-0.15, -0.1) is 0 Å². The van der Waals surface area contributed by atoms with Gasteiger partial charge in [0.15, 0.2) is 18.1 Å². The summed E-state index contributed by atoms with van der Waals surface area (Å²) in [5.74, 6) is 1.09. The molecule has 0 saturated carbocycles. The van der Waals surface area contributed by atoms with Crippen LogP contribution in [0.15, 0.2) is 48.5 Å². The Bertz CT molecular complexity index is 955. The minimum Gasteiger partial charge on any atom is -0.493 e. The average Bonchev–Trinajstić information content (AvgIpc) is 2.81. The largest absolute Gasteiger partial charge is 0.493 e. The van der Waals surface area contributed by atoms with E-state index in [1.54, 1.807) is 12.1 Å². The number of nitrogens with one attached hydrogen (secondary N) is 1. The number of carbonyl (C=O) groups excluding carboxylic acids is 2. The van der Waals surface area contributed by atoms with Crippen molar-refractivity contribution in [1.29, 1.82) is 0 Å². The quantitative estimate of drug-likeness (QED) is 0.444. The van der Waals surface area contributed by atoms with Crippen LogP contribution < -0.4 is 19.5 Å². The molecule has 0 saturated heterocycles. The summed E-state index contributed by atoms with van der Waals surface area (Å²) in [5.41, 5.74) is 1.69. The highest BCUT2D eigenvalue weighted by Crippen LogP contribution is 2.31. The van der Waals surface area contributed by atoms with Crippen LogP contribution in [0.2, 0.25) is 0 Å². The molecule has 1 aliphatic rings. The first kappa shape index (κ1) is 23.2. The highest BCUT2D eigenvalue weighted by molar-refractivity contribution is 5.89. The molecule has 2 aromatic carbocycles. The number of rotatable bonds is 10. The maximum Gasteiger partial charge on any atom is 0.331 e. The number of benzene rings is 2. The molecule has 0 bridgehead atoms. The molecule has 170 valence electrons. The van der Waals surface area contributed by atoms with Gasteiger partial charge in [0.05, 0.1) is 25.9 Å². The highest BCUT2D eigenvalue weighted by atomic mass is 16.5. The van der Waals surface area contributed by atoms with Gasteiger partial charge in [-0.05, 0) is 43.2 Å². The summed E-state index contributed by atoms with van der Waals surface area (Å²) >= 11 is 0. The Morgan fingerprint density at radius 2 is 1.97 bits per heavy atom. The number of hydrogen-bond donors (Lipinski definition) is 1. The molecule has 1 atom stereocenters. The lowest BCUT2D eigenvalue weighted by Crippen LogP contribution is -2.34. The van der Waals surface area contributed by atoms with E-state index in [1.165, 1.54) is 6.08 Å². The van der Waals surface area contributed by atoms with E-state index in [2.05, 4.69) is 5.32 Å². The number of fused-ring (bicyclic) bond motifs is 1. The van der Waals surface area contributed by atoms with Crippen LogP contribution >= 0.6 is 0 Å². The van der Waals surface area contributed by atoms with Gasteiger partial charge in [0.1, 0.15) is 5.75 Å². The maximum absolute atomic E-state index is 12.3. The van der Waals surface area contributed by atoms with Crippen molar-refractivity contribution in [2.75, 3.05) is 26.4 Å². The van der Waals surface area contributed by atoms with E-state index in [0.717, 1.165) is 23.3 Å². The van der Waals surface area contributed by atoms with Gasteiger partial charge >= 0.3 is 5.97 Å². The second-order valence-corrected chi connectivity index (χ2v) is 7.22. The first-order chi connectivity index (χ1) is 15.6. The van der Waals surface area contributed by atoms with Crippen molar-refractivity contribution in [3.8, 4) is 17.2 Å². The van der Waals surface area contributed by atoms with Crippen LogP contribution in [0.1, 0.15) is 43.9 Å². The van der Waals surface area contributed by atoms with Crippen LogP contribution in [0.5, 0.6) is 17.2 Å². The minimum absolute atomic E-state index is 0.160. The van der Waals surface area contributed by atoms with Crippen LogP contribution in [0.3, 0.4) is 0 Å². The van der Waals surface area contributed by atoms with Gasteiger partial charge in [-0.25, -0.2) is 4.79 Å². The number of carbonyl (C=O) groups is 2. The fourth-order valence-electron chi connectivity index (χ4n) is 3.30. The topological polar surface area (TPSA) is 83.1 Å². The van der Waals surface area contributed by atoms with Gasteiger partial charge in [0.2, 0.25) is 0 Å². The van der Waals surface area contributed by atoms with Gasteiger partial charge in [-0.2, -0.15) is 0 Å². The lowest BCUT2D eigenvalue weighted by Gasteiger charge is -2.26. The van der Waals surface area contributed by atoms with E-state index in [-0.39, 0.29) is 18.6 Å². The Morgan fingerprint density at radius 3 is 2.78 bits per heavy atom. The molecule has 0 spiro atoms. The zero-order valence-electron chi connectivity index (χ0n) is 18.5. The summed E-state index contributed by atoms with van der Waals surface area (Å²) in [5, 5.41) is 2.90. The van der Waals surface area contributed by atoms with Crippen LogP contribution in [0, 0.1) is 0 Å². The van der Waals surface area contributed by atoms with E-state index in [0.29, 0.717) is 37.7 Å². The summed E-state index contributed by atoms with van der Waals surface area (Å²) in [6.07, 6.45) is 4.46. The summed E-state index contributed by atoms with van der Waals surface area (Å²) in [7, 11) is 0. The molecule has 1 unspecified atom stereocenters. The molecule has 1 N–H and O–H groups in total. The molecule has 0 fully saturated rings. The molecular formula is C25H29NO6. The molecule has 1 heterocycles. The summed E-state index contributed by atoms with van der Waals surface area (Å²) in [6.45, 7) is 5.21. The lowest BCUT2D eigenvalue weighted by molar-refractivity contribution is -0.144. The molecule has 0 radical (unpaired) electrons. The monoisotopic (exact) mass is 439 g/mol. The Balaban J connectivity index is 1.51. The summed E-state index contributed by atoms with van der Waals surface area (Å²) < 4.78 is 22.0. The number of esters is 1. The van der Waals surface area contributed by atoms with Crippen molar-refractivity contribution >= 4 is 18.0 Å². The van der Waals surface area contributed by atoms with Crippen molar-refractivity contribution in [1.82, 2.24) is 5.32 Å². The summed E-state index contributed by atoms with van der Waals surface area (Å²) in [6, 6.07) is 12.9. The van der Waals surface area contributed by atoms with E-state index < -0.39 is 5.97 Å². The third-order valence-corrected chi connectivity index (χ3v) is 4.78. The van der Waals surface area contributed by atoms with E-state index >= 15 is 0 Å². The first-order valence-corrected chi connectivity index (χ1v) is 10.9. The Hall–Kier alpha value is -3.48. The first-order valence-electron chi connectivity index (χ1n) is 10.9. The number of para-hydroxylation sites is 1. The minimum atomic E-state index is -0.600. The predicted octanol–water partition coefficient (Wildman–Crippen LogP) is 4.07. The van der Waals surface area contributed by atoms with Crippen molar-refractivity contribution in [3.05, 3.63) is 59.7 Å². The van der Waals surface area contributed by atoms with E-state index in [4.69, 9.17) is 18.9 Å². The molecule has 3 rings (SSSR count). The summed E-state index contributed by atoms with van der Waals surface area (Å²) in [4.78, 5) is 24.3. The average molecular weight is 440 g/mol. The van der Waals surface area contributed by atoms with Crippen LogP contribution in [0.25, 0.3) is 6.08 Å². The van der Waals surface area contributed by atoms with Crippen LogP contribution in [0.4, 0.5) is 0 Å². The molecule has 7 nitrogen and oxygen atoms in total. The Kier molecular flexibility index (Phi) is 8.54. The van der Waals surface area contributed by atoms with Gasteiger partial charge in [-0.3, -0.25) is 4.79 Å². The SMILES string of the molecule is CCCOc1ccc(/C=C/C(=O)OCC(=O)NC2CCOc3ccccc32)cc1OCC. The molecule has 2 aromatic rings. The molecule has 0 aliphatic carbocycles. The second kappa shape index (κ2) is 11.8. The van der Waals surface area contributed by atoms with Crippen molar-refractivity contribution in [3.63, 3.8) is 0 Å². The third-order valence-electron chi connectivity index (χ3n) is 4.78. The predicted molar refractivity (Wildman–Crippen MR) is 121 cm³/mol. The molecule has 32 heavy (non-hydrogen) atoms. The zero-order valence-corrected chi connectivity index (χ0v) is 18.5. The van der Waals surface area contributed by atoms with Crippen molar-refractivity contribution < 1.29 is 28.5 Å². The highest BCUT2D eigenvalue weighted by Gasteiger charge is 2.22. The number of ether oxygens (including phenoxy) is 4. The van der Waals surface area contributed by atoms with Gasteiger partial charge < -0.3 is 24.3 Å². The fourth-order valence-corrected chi connectivity index (χ4v) is 3.30. The number of amides is 1. The maximum atomic E-state index is 12.3. The Morgan fingerprint density at radius 1 is 1.12 bits per heavy atom. The van der Waals surface area contributed by atoms with E-state index in [9.17, 15) is 9.59 Å². The zero-order chi connectivity index (χ0) is 22.8. The van der Waals surface area contributed by atoms with Gasteiger partial charge in [-0.1, -0.05) is 31.2 Å². The second-order valence-electron chi connectivity index (χ2n) is 7.22. The molecular weight excluding hydrogens is 410 g/mol. The lowest BCUT2D eigenvalue weighted by atomic mass is 10.0. The van der Waals surface area contributed by atoms with Crippen LogP contribution in [-0.2, 0) is 14.3 Å². The fraction of sp³-hybridized carbons (Fsp3) is 0.360. The molecule has 1 aliphatic heterocycles. The normalized spacial score (nSPS) is 14.9. The van der Waals surface area contributed by atoms with Gasteiger partial charge in [0.25, 0.3) is 5.91 Å². The van der Waals surface area contributed by atoms with Crippen molar-refractivity contribution in [2.24, 2.45) is 0 Å². The van der Waals surface area contributed by atoms with Gasteiger partial charge in [0, 0.05) is 18.1 Å². The third kappa shape index (κ3) is 6.51. The van der Waals surface area contributed by atoms with Crippen molar-refractivity contribution in [2.45, 2.75) is 32.7 Å².